The molecule has 128 valence electrons. The molecule has 0 aromatic heterocycles. The normalized spacial score (nSPS) is 11.3. The van der Waals surface area contributed by atoms with Crippen molar-refractivity contribution < 1.29 is 22.6 Å². The Balaban J connectivity index is 2.23. The van der Waals surface area contributed by atoms with E-state index in [0.717, 1.165) is 0 Å². The Bertz CT molecular complexity index is 791. The quantitative estimate of drug-likeness (QED) is 0.832. The minimum atomic E-state index is -3.60. The molecule has 6 nitrogen and oxygen atoms in total. The van der Waals surface area contributed by atoms with Crippen LogP contribution >= 0.6 is 0 Å². The number of rotatable bonds is 7. The second kappa shape index (κ2) is 7.74. The van der Waals surface area contributed by atoms with Crippen LogP contribution in [0.3, 0.4) is 0 Å². The van der Waals surface area contributed by atoms with Crippen molar-refractivity contribution in [2.75, 3.05) is 21.3 Å². The smallest absolute Gasteiger partial charge is 0.261 e. The van der Waals surface area contributed by atoms with Gasteiger partial charge in [0.1, 0.15) is 0 Å². The van der Waals surface area contributed by atoms with E-state index in [1.165, 1.54) is 39.7 Å². The van der Waals surface area contributed by atoms with Gasteiger partial charge in [0.25, 0.3) is 10.0 Å². The van der Waals surface area contributed by atoms with E-state index in [0.29, 0.717) is 22.8 Å². The number of sulfonamides is 1. The van der Waals surface area contributed by atoms with Crippen molar-refractivity contribution in [3.05, 3.63) is 54.2 Å². The Morgan fingerprint density at radius 3 is 2.00 bits per heavy atom. The Morgan fingerprint density at radius 1 is 0.917 bits per heavy atom. The van der Waals surface area contributed by atoms with E-state index in [1.807, 2.05) is 0 Å². The van der Waals surface area contributed by atoms with Gasteiger partial charge in [0.05, 0.1) is 26.2 Å². The van der Waals surface area contributed by atoms with Crippen LogP contribution < -0.4 is 18.9 Å². The number of nitrogens with one attached hydrogen (secondary N) is 1. The zero-order chi connectivity index (χ0) is 17.6. The van der Waals surface area contributed by atoms with Gasteiger partial charge in [-0.3, -0.25) is 4.72 Å². The fourth-order valence-electron chi connectivity index (χ4n) is 2.09. The average molecular weight is 349 g/mol. The summed E-state index contributed by atoms with van der Waals surface area (Å²) < 4.78 is 42.4. The molecule has 0 aliphatic heterocycles. The first-order valence-electron chi connectivity index (χ1n) is 7.05. The molecule has 0 unspecified atom stereocenters. The summed E-state index contributed by atoms with van der Waals surface area (Å²) in [5.74, 6) is 1.45. The SMILES string of the molecule is COc1cc(C=CNS(=O)(=O)c2ccccc2)cc(OC)c1OC. The molecule has 0 aliphatic carbocycles. The molecule has 1 N–H and O–H groups in total. The Morgan fingerprint density at radius 2 is 1.50 bits per heavy atom. The number of hydrogen-bond donors (Lipinski definition) is 1. The van der Waals surface area contributed by atoms with E-state index in [4.69, 9.17) is 14.2 Å². The average Bonchev–Trinajstić information content (AvgIpc) is 2.61. The Hall–Kier alpha value is -2.67. The van der Waals surface area contributed by atoms with E-state index >= 15 is 0 Å². The van der Waals surface area contributed by atoms with E-state index < -0.39 is 10.0 Å². The maximum Gasteiger partial charge on any atom is 0.261 e. The van der Waals surface area contributed by atoms with Crippen LogP contribution in [0.15, 0.2) is 53.6 Å². The van der Waals surface area contributed by atoms with Gasteiger partial charge in [0.15, 0.2) is 11.5 Å². The predicted molar refractivity (Wildman–Crippen MR) is 91.9 cm³/mol. The highest BCUT2D eigenvalue weighted by Crippen LogP contribution is 2.38. The molecule has 0 atom stereocenters. The predicted octanol–water partition coefficient (Wildman–Crippen LogP) is 2.66. The lowest BCUT2D eigenvalue weighted by molar-refractivity contribution is 0.324. The molecule has 2 aromatic carbocycles. The summed E-state index contributed by atoms with van der Waals surface area (Å²) in [6.07, 6.45) is 2.95. The molecule has 0 spiro atoms. The number of benzene rings is 2. The van der Waals surface area contributed by atoms with Crippen molar-refractivity contribution in [3.8, 4) is 17.2 Å². The largest absolute Gasteiger partial charge is 0.493 e. The van der Waals surface area contributed by atoms with E-state index in [-0.39, 0.29) is 4.90 Å². The van der Waals surface area contributed by atoms with Crippen molar-refractivity contribution in [2.45, 2.75) is 4.90 Å². The summed E-state index contributed by atoms with van der Waals surface area (Å²) in [4.78, 5) is 0.194. The molecule has 0 fully saturated rings. The van der Waals surface area contributed by atoms with Crippen LogP contribution in [-0.2, 0) is 10.0 Å². The number of ether oxygens (including phenoxy) is 3. The van der Waals surface area contributed by atoms with Crippen LogP contribution in [0.5, 0.6) is 17.2 Å². The fraction of sp³-hybridized carbons (Fsp3) is 0.176. The molecule has 0 heterocycles. The molecule has 0 radical (unpaired) electrons. The molecule has 0 amide bonds. The van der Waals surface area contributed by atoms with Crippen molar-refractivity contribution in [3.63, 3.8) is 0 Å². The van der Waals surface area contributed by atoms with E-state index in [1.54, 1.807) is 36.4 Å². The summed E-state index contributed by atoms with van der Waals surface area (Å²) in [6, 6.07) is 11.6. The molecule has 2 rings (SSSR count). The highest BCUT2D eigenvalue weighted by molar-refractivity contribution is 7.89. The number of methoxy groups -OCH3 is 3. The van der Waals surface area contributed by atoms with Crippen molar-refractivity contribution in [1.29, 1.82) is 0 Å². The Labute approximate surface area is 141 Å². The molecule has 7 heteroatoms. The van der Waals surface area contributed by atoms with E-state index in [2.05, 4.69) is 4.72 Å². The summed E-state index contributed by atoms with van der Waals surface area (Å²) in [7, 11) is 0.953. The highest BCUT2D eigenvalue weighted by atomic mass is 32.2. The van der Waals surface area contributed by atoms with Gasteiger partial charge in [0.2, 0.25) is 5.75 Å². The topological polar surface area (TPSA) is 73.9 Å². The third kappa shape index (κ3) is 3.99. The summed E-state index contributed by atoms with van der Waals surface area (Å²) in [5.41, 5.74) is 0.695. The molecule has 0 aliphatic rings. The van der Waals surface area contributed by atoms with Gasteiger partial charge in [-0.05, 0) is 35.9 Å². The van der Waals surface area contributed by atoms with Gasteiger partial charge < -0.3 is 14.2 Å². The van der Waals surface area contributed by atoms with Gasteiger partial charge in [-0.15, -0.1) is 0 Å². The highest BCUT2D eigenvalue weighted by Gasteiger charge is 2.13. The zero-order valence-corrected chi connectivity index (χ0v) is 14.5. The molecule has 0 saturated heterocycles. The van der Waals surface area contributed by atoms with Crippen LogP contribution in [0.25, 0.3) is 6.08 Å². The third-order valence-corrected chi connectivity index (χ3v) is 4.58. The lowest BCUT2D eigenvalue weighted by atomic mass is 10.2. The Kier molecular flexibility index (Phi) is 5.70. The maximum absolute atomic E-state index is 12.1. The monoisotopic (exact) mass is 349 g/mol. The van der Waals surface area contributed by atoms with Gasteiger partial charge in [-0.2, -0.15) is 0 Å². The molecular weight excluding hydrogens is 330 g/mol. The lowest BCUT2D eigenvalue weighted by Gasteiger charge is -2.12. The standard InChI is InChI=1S/C17H19NO5S/c1-21-15-11-13(12-16(22-2)17(15)23-3)9-10-18-24(19,20)14-7-5-4-6-8-14/h4-12,18H,1-3H3. The molecule has 2 aromatic rings. The van der Waals surface area contributed by atoms with Gasteiger partial charge in [-0.25, -0.2) is 8.42 Å². The van der Waals surface area contributed by atoms with Crippen LogP contribution in [0.1, 0.15) is 5.56 Å². The lowest BCUT2D eigenvalue weighted by Crippen LogP contribution is -2.17. The maximum atomic E-state index is 12.1. The second-order valence-corrected chi connectivity index (χ2v) is 6.44. The first-order valence-corrected chi connectivity index (χ1v) is 8.54. The van der Waals surface area contributed by atoms with Crippen molar-refractivity contribution in [2.24, 2.45) is 0 Å². The van der Waals surface area contributed by atoms with Gasteiger partial charge in [0, 0.05) is 6.20 Å². The van der Waals surface area contributed by atoms with Crippen molar-refractivity contribution >= 4 is 16.1 Å². The molecular formula is C17H19NO5S. The van der Waals surface area contributed by atoms with Crippen LogP contribution in [0.2, 0.25) is 0 Å². The van der Waals surface area contributed by atoms with E-state index in [9.17, 15) is 8.42 Å². The first kappa shape index (κ1) is 17.7. The first-order chi connectivity index (χ1) is 11.5. The van der Waals surface area contributed by atoms with Gasteiger partial charge >= 0.3 is 0 Å². The minimum absolute atomic E-state index is 0.194. The van der Waals surface area contributed by atoms with Crippen LogP contribution in [-0.4, -0.2) is 29.7 Å². The van der Waals surface area contributed by atoms with Crippen LogP contribution in [0, 0.1) is 0 Å². The molecule has 24 heavy (non-hydrogen) atoms. The molecule has 0 bridgehead atoms. The summed E-state index contributed by atoms with van der Waals surface area (Å²) in [5, 5.41) is 0. The zero-order valence-electron chi connectivity index (χ0n) is 13.6. The van der Waals surface area contributed by atoms with Gasteiger partial charge in [-0.1, -0.05) is 18.2 Å². The fourth-order valence-corrected chi connectivity index (χ4v) is 2.98. The van der Waals surface area contributed by atoms with Crippen molar-refractivity contribution in [1.82, 2.24) is 4.72 Å². The number of hydrogen-bond acceptors (Lipinski definition) is 5. The summed E-state index contributed by atoms with van der Waals surface area (Å²) in [6.45, 7) is 0. The third-order valence-electron chi connectivity index (χ3n) is 3.24. The molecule has 0 saturated carbocycles. The minimum Gasteiger partial charge on any atom is -0.493 e. The van der Waals surface area contributed by atoms with Crippen LogP contribution in [0.4, 0.5) is 0 Å². The summed E-state index contributed by atoms with van der Waals surface area (Å²) >= 11 is 0. The second-order valence-electron chi connectivity index (χ2n) is 4.73.